The Balaban J connectivity index is 1.24. The number of hydrogen-bond donors (Lipinski definition) is 3. The van der Waals surface area contributed by atoms with Crippen LogP contribution in [-0.2, 0) is 16.1 Å². The fourth-order valence-electron chi connectivity index (χ4n) is 5.93. The lowest BCUT2D eigenvalue weighted by molar-refractivity contribution is -0.144. The van der Waals surface area contributed by atoms with E-state index in [1.165, 1.54) is 6.42 Å². The Kier molecular flexibility index (Phi) is 8.33. The second kappa shape index (κ2) is 11.9. The molecule has 1 aromatic heterocycles. The summed E-state index contributed by atoms with van der Waals surface area (Å²) >= 11 is 1.63. The molecule has 2 aromatic rings. The maximum Gasteiger partial charge on any atom is 0.247 e. The van der Waals surface area contributed by atoms with E-state index in [0.717, 1.165) is 72.3 Å². The van der Waals surface area contributed by atoms with Crippen molar-refractivity contribution in [3.05, 3.63) is 52.9 Å². The van der Waals surface area contributed by atoms with E-state index in [4.69, 9.17) is 11.6 Å². The fourth-order valence-corrected chi connectivity index (χ4v) is 6.74. The third kappa shape index (κ3) is 6.04. The molecule has 2 heterocycles. The maximum absolute atomic E-state index is 14.0. The molecule has 0 spiro atoms. The molecule has 5 rings (SSSR count). The third-order valence-electron chi connectivity index (χ3n) is 8.28. The Hall–Kier alpha value is -2.91. The highest BCUT2D eigenvalue weighted by atomic mass is 32.1. The summed E-state index contributed by atoms with van der Waals surface area (Å²) in [6.07, 6.45) is 10.8. The van der Waals surface area contributed by atoms with Crippen LogP contribution in [0.15, 0.2) is 41.7 Å². The van der Waals surface area contributed by atoms with E-state index in [9.17, 15) is 9.59 Å². The van der Waals surface area contributed by atoms with E-state index in [0.29, 0.717) is 25.4 Å². The molecule has 2 saturated carbocycles. The highest BCUT2D eigenvalue weighted by Gasteiger charge is 2.42. The van der Waals surface area contributed by atoms with Gasteiger partial charge in [-0.3, -0.25) is 9.59 Å². The van der Waals surface area contributed by atoms with E-state index in [-0.39, 0.29) is 17.7 Å². The molecule has 0 bridgehead atoms. The number of amides is 2. The fraction of sp³-hybridized carbons (Fsp3) is 0.552. The molecule has 5 N–H and O–H groups in total. The SMILES string of the molecule is Cc1ncsc1-c1ccc(CNC(=O)C2CCCN2C(=O)C(C2CCCCC2)N(N)/C=C(\N)C2CC2)cc1. The molecule has 8 nitrogen and oxygen atoms in total. The van der Waals surface area contributed by atoms with Gasteiger partial charge in [0.15, 0.2) is 0 Å². The molecule has 1 aliphatic heterocycles. The number of aryl methyl sites for hydroxylation is 1. The zero-order valence-corrected chi connectivity index (χ0v) is 23.1. The first kappa shape index (κ1) is 26.7. The highest BCUT2D eigenvalue weighted by molar-refractivity contribution is 7.13. The van der Waals surface area contributed by atoms with E-state index in [1.54, 1.807) is 27.4 Å². The highest BCUT2D eigenvalue weighted by Crippen LogP contribution is 2.35. The number of rotatable bonds is 9. The van der Waals surface area contributed by atoms with Crippen LogP contribution in [0.5, 0.6) is 0 Å². The number of aromatic nitrogens is 1. The number of carbonyl (C=O) groups is 2. The van der Waals surface area contributed by atoms with Gasteiger partial charge in [0.1, 0.15) is 12.1 Å². The van der Waals surface area contributed by atoms with Gasteiger partial charge in [0, 0.05) is 30.9 Å². The van der Waals surface area contributed by atoms with Gasteiger partial charge in [0.25, 0.3) is 0 Å². The maximum atomic E-state index is 14.0. The second-order valence-electron chi connectivity index (χ2n) is 11.1. The summed E-state index contributed by atoms with van der Waals surface area (Å²) in [4.78, 5) is 34.5. The number of hydrazine groups is 1. The van der Waals surface area contributed by atoms with Crippen LogP contribution in [-0.4, -0.2) is 45.3 Å². The van der Waals surface area contributed by atoms with E-state index in [1.807, 2.05) is 24.6 Å². The number of benzene rings is 1. The van der Waals surface area contributed by atoms with Gasteiger partial charge in [0.05, 0.1) is 16.1 Å². The molecular weight excluding hydrogens is 496 g/mol. The molecule has 2 amide bonds. The van der Waals surface area contributed by atoms with Crippen molar-refractivity contribution in [2.24, 2.45) is 23.4 Å². The molecule has 3 fully saturated rings. The second-order valence-corrected chi connectivity index (χ2v) is 11.9. The number of carbonyl (C=O) groups excluding carboxylic acids is 2. The van der Waals surface area contributed by atoms with E-state index < -0.39 is 12.1 Å². The molecule has 1 saturated heterocycles. The third-order valence-corrected chi connectivity index (χ3v) is 9.26. The molecule has 9 heteroatoms. The standard InChI is InChI=1S/C29H40N6O2S/c1-19-27(38-18-33-19)23-11-9-20(10-12-23)16-32-28(36)25-8-5-15-34(25)29(37)26(22-6-3-2-4-7-22)35(31)17-24(30)21-13-14-21/h9-12,17-18,21-22,25-26H,2-8,13-16,30-31H2,1H3,(H,32,36)/b24-17-. The Morgan fingerprint density at radius 3 is 2.53 bits per heavy atom. The first-order valence-electron chi connectivity index (χ1n) is 14.0. The van der Waals surface area contributed by atoms with Crippen molar-refractivity contribution in [2.75, 3.05) is 6.54 Å². The molecule has 204 valence electrons. The largest absolute Gasteiger partial charge is 0.401 e. The van der Waals surface area contributed by atoms with Gasteiger partial charge >= 0.3 is 0 Å². The first-order chi connectivity index (χ1) is 18.4. The minimum atomic E-state index is -0.483. The summed E-state index contributed by atoms with van der Waals surface area (Å²) in [5.74, 6) is 6.94. The monoisotopic (exact) mass is 536 g/mol. The van der Waals surface area contributed by atoms with Crippen molar-refractivity contribution in [3.63, 3.8) is 0 Å². The van der Waals surface area contributed by atoms with Crippen LogP contribution in [0, 0.1) is 18.8 Å². The lowest BCUT2D eigenvalue weighted by atomic mass is 9.83. The average Bonchev–Trinajstić information content (AvgIpc) is 3.51. The van der Waals surface area contributed by atoms with Crippen molar-refractivity contribution >= 4 is 23.2 Å². The average molecular weight is 537 g/mol. The van der Waals surface area contributed by atoms with Gasteiger partial charge in [0.2, 0.25) is 11.8 Å². The van der Waals surface area contributed by atoms with Gasteiger partial charge < -0.3 is 21.0 Å². The van der Waals surface area contributed by atoms with Crippen LogP contribution in [0.25, 0.3) is 10.4 Å². The number of likely N-dealkylation sites (tertiary alicyclic amines) is 1. The van der Waals surface area contributed by atoms with Crippen molar-refractivity contribution in [3.8, 4) is 10.4 Å². The quantitative estimate of drug-likeness (QED) is 0.329. The van der Waals surface area contributed by atoms with Crippen molar-refractivity contribution in [1.82, 2.24) is 20.2 Å². The minimum Gasteiger partial charge on any atom is -0.401 e. The number of hydrogen-bond acceptors (Lipinski definition) is 7. The first-order valence-corrected chi connectivity index (χ1v) is 14.9. The number of nitrogens with zero attached hydrogens (tertiary/aromatic N) is 3. The van der Waals surface area contributed by atoms with Crippen LogP contribution in [0.4, 0.5) is 0 Å². The van der Waals surface area contributed by atoms with Crippen LogP contribution >= 0.6 is 11.3 Å². The normalized spacial score (nSPS) is 21.4. The molecule has 1 aromatic carbocycles. The summed E-state index contributed by atoms with van der Waals surface area (Å²) in [5.41, 5.74) is 12.1. The van der Waals surface area contributed by atoms with Gasteiger partial charge in [-0.15, -0.1) is 11.3 Å². The van der Waals surface area contributed by atoms with E-state index in [2.05, 4.69) is 22.4 Å². The Bertz CT molecular complexity index is 1150. The summed E-state index contributed by atoms with van der Waals surface area (Å²) < 4.78 is 0. The predicted molar refractivity (Wildman–Crippen MR) is 150 cm³/mol. The number of nitrogens with two attached hydrogens (primary N) is 2. The minimum absolute atomic E-state index is 0.0406. The van der Waals surface area contributed by atoms with Gasteiger partial charge in [-0.2, -0.15) is 0 Å². The van der Waals surface area contributed by atoms with Gasteiger partial charge in [-0.1, -0.05) is 43.5 Å². The molecule has 2 aliphatic carbocycles. The topological polar surface area (TPSA) is 118 Å². The Morgan fingerprint density at radius 2 is 1.87 bits per heavy atom. The summed E-state index contributed by atoms with van der Waals surface area (Å²) in [5, 5.41) is 4.64. The summed E-state index contributed by atoms with van der Waals surface area (Å²) in [6.45, 7) is 3.02. The zero-order chi connectivity index (χ0) is 26.6. The van der Waals surface area contributed by atoms with E-state index >= 15 is 0 Å². The number of thiazole rings is 1. The molecule has 2 unspecified atom stereocenters. The number of allylic oxidation sites excluding steroid dienone is 1. The molecule has 0 radical (unpaired) electrons. The molecular formula is C29H40N6O2S. The van der Waals surface area contributed by atoms with Crippen LogP contribution in [0.2, 0.25) is 0 Å². The molecule has 2 atom stereocenters. The Labute approximate surface area is 229 Å². The summed E-state index contributed by atoms with van der Waals surface area (Å²) in [7, 11) is 0. The number of nitrogens with one attached hydrogen (secondary N) is 1. The lowest BCUT2D eigenvalue weighted by Gasteiger charge is -2.38. The van der Waals surface area contributed by atoms with Gasteiger partial charge in [-0.25, -0.2) is 10.8 Å². The lowest BCUT2D eigenvalue weighted by Crippen LogP contribution is -2.56. The zero-order valence-electron chi connectivity index (χ0n) is 22.3. The predicted octanol–water partition coefficient (Wildman–Crippen LogP) is 4.06. The van der Waals surface area contributed by atoms with Crippen LogP contribution in [0.3, 0.4) is 0 Å². The summed E-state index contributed by atoms with van der Waals surface area (Å²) in [6, 6.07) is 7.26. The smallest absolute Gasteiger partial charge is 0.247 e. The van der Waals surface area contributed by atoms with Crippen LogP contribution < -0.4 is 16.9 Å². The molecule has 3 aliphatic rings. The van der Waals surface area contributed by atoms with Crippen molar-refractivity contribution < 1.29 is 9.59 Å². The van der Waals surface area contributed by atoms with Crippen molar-refractivity contribution in [1.29, 1.82) is 0 Å². The van der Waals surface area contributed by atoms with Gasteiger partial charge in [-0.05, 0) is 62.5 Å². The molecule has 38 heavy (non-hydrogen) atoms. The Morgan fingerprint density at radius 1 is 1.13 bits per heavy atom. The van der Waals surface area contributed by atoms with Crippen molar-refractivity contribution in [2.45, 2.75) is 83.3 Å². The van der Waals surface area contributed by atoms with Crippen LogP contribution in [0.1, 0.15) is 69.0 Å².